The highest BCUT2D eigenvalue weighted by Crippen LogP contribution is 2.25. The van der Waals surface area contributed by atoms with E-state index < -0.39 is 0 Å². The third kappa shape index (κ3) is 4.73. The molecule has 0 aromatic carbocycles. The molecule has 0 spiro atoms. The molecule has 0 atom stereocenters. The molecule has 0 radical (unpaired) electrons. The van der Waals surface area contributed by atoms with Gasteiger partial charge in [0.2, 0.25) is 0 Å². The molecule has 1 saturated carbocycles. The van der Waals surface area contributed by atoms with Crippen LogP contribution in [0.2, 0.25) is 0 Å². The van der Waals surface area contributed by atoms with E-state index in [2.05, 4.69) is 33.8 Å². The quantitative estimate of drug-likeness (QED) is 0.767. The molecule has 2 aliphatic rings. The van der Waals surface area contributed by atoms with Gasteiger partial charge in [-0.2, -0.15) is 0 Å². The Morgan fingerprint density at radius 3 is 2.43 bits per heavy atom. The van der Waals surface area contributed by atoms with Crippen molar-refractivity contribution in [1.29, 1.82) is 0 Å². The van der Waals surface area contributed by atoms with Crippen molar-refractivity contribution in [3.8, 4) is 0 Å². The summed E-state index contributed by atoms with van der Waals surface area (Å²) in [7, 11) is 1.78. The summed E-state index contributed by atoms with van der Waals surface area (Å²) in [5, 5.41) is 0. The first-order chi connectivity index (χ1) is 11.3. The molecule has 1 aromatic rings. The van der Waals surface area contributed by atoms with E-state index in [0.717, 1.165) is 58.7 Å². The Hall–Kier alpha value is -1.01. The lowest BCUT2D eigenvalue weighted by molar-refractivity contribution is -0.118. The van der Waals surface area contributed by atoms with Gasteiger partial charge in [-0.3, -0.25) is 14.8 Å². The predicted octanol–water partition coefficient (Wildman–Crippen LogP) is 1.91. The summed E-state index contributed by atoms with van der Waals surface area (Å²) >= 11 is 0. The monoisotopic (exact) mass is 319 g/mol. The van der Waals surface area contributed by atoms with Gasteiger partial charge in [-0.15, -0.1) is 0 Å². The lowest BCUT2D eigenvalue weighted by Crippen LogP contribution is -2.48. The Balaban J connectivity index is 1.33. The summed E-state index contributed by atoms with van der Waals surface area (Å²) in [5.74, 6) is 0. The van der Waals surface area contributed by atoms with Crippen molar-refractivity contribution in [2.24, 2.45) is 0 Å². The predicted molar refractivity (Wildman–Crippen MR) is 90.2 cm³/mol. The van der Waals surface area contributed by atoms with Gasteiger partial charge in [-0.05, 0) is 18.1 Å². The van der Waals surface area contributed by atoms with Crippen molar-refractivity contribution in [2.45, 2.75) is 44.9 Å². The highest BCUT2D eigenvalue weighted by Gasteiger charge is 2.30. The van der Waals surface area contributed by atoms with Gasteiger partial charge in [-0.1, -0.05) is 13.0 Å². The molecule has 2 heterocycles. The van der Waals surface area contributed by atoms with Crippen LogP contribution in [0.3, 0.4) is 0 Å². The van der Waals surface area contributed by atoms with E-state index in [4.69, 9.17) is 9.47 Å². The molecule has 128 valence electrons. The molecule has 1 aliphatic heterocycles. The summed E-state index contributed by atoms with van der Waals surface area (Å²) in [6.45, 7) is 8.21. The number of methoxy groups -OCH3 is 1. The second-order valence-electron chi connectivity index (χ2n) is 6.65. The van der Waals surface area contributed by atoms with Crippen LogP contribution in [0.15, 0.2) is 18.3 Å². The van der Waals surface area contributed by atoms with Gasteiger partial charge in [0.05, 0.1) is 24.6 Å². The number of nitrogens with zero attached hydrogens (tertiary/aromatic N) is 3. The van der Waals surface area contributed by atoms with Crippen molar-refractivity contribution < 1.29 is 9.47 Å². The largest absolute Gasteiger partial charge is 0.381 e. The van der Waals surface area contributed by atoms with Gasteiger partial charge in [0.15, 0.2) is 0 Å². The minimum atomic E-state index is 0.402. The summed E-state index contributed by atoms with van der Waals surface area (Å²) in [6, 6.07) is 4.36. The van der Waals surface area contributed by atoms with Gasteiger partial charge < -0.3 is 9.47 Å². The van der Waals surface area contributed by atoms with Gasteiger partial charge in [0, 0.05) is 58.9 Å². The molecular weight excluding hydrogens is 290 g/mol. The summed E-state index contributed by atoms with van der Waals surface area (Å²) in [4.78, 5) is 9.45. The van der Waals surface area contributed by atoms with Crippen LogP contribution in [0.5, 0.6) is 0 Å². The second-order valence-corrected chi connectivity index (χ2v) is 6.65. The van der Waals surface area contributed by atoms with E-state index in [9.17, 15) is 0 Å². The third-order valence-electron chi connectivity index (χ3n) is 5.02. The lowest BCUT2D eigenvalue weighted by atomic mass is 9.92. The molecule has 0 N–H and O–H groups in total. The fourth-order valence-electron chi connectivity index (χ4n) is 3.12. The second kappa shape index (κ2) is 8.20. The maximum atomic E-state index is 5.94. The molecule has 0 unspecified atom stereocenters. The number of hydrogen-bond acceptors (Lipinski definition) is 5. The van der Waals surface area contributed by atoms with Crippen molar-refractivity contribution in [2.75, 3.05) is 40.0 Å². The van der Waals surface area contributed by atoms with Gasteiger partial charge in [0.25, 0.3) is 0 Å². The fourth-order valence-corrected chi connectivity index (χ4v) is 3.12. The van der Waals surface area contributed by atoms with Gasteiger partial charge in [-0.25, -0.2) is 0 Å². The van der Waals surface area contributed by atoms with Crippen molar-refractivity contribution in [3.05, 3.63) is 29.6 Å². The van der Waals surface area contributed by atoms with Crippen LogP contribution in [0.25, 0.3) is 0 Å². The molecule has 5 heteroatoms. The number of ether oxygens (including phenoxy) is 2. The number of aryl methyl sites for hydroxylation is 1. The van der Waals surface area contributed by atoms with Crippen LogP contribution in [-0.2, 0) is 22.4 Å². The van der Waals surface area contributed by atoms with Gasteiger partial charge in [0.1, 0.15) is 0 Å². The number of rotatable bonds is 7. The highest BCUT2D eigenvalue weighted by molar-refractivity contribution is 5.13. The molecule has 0 bridgehead atoms. The zero-order valence-electron chi connectivity index (χ0n) is 14.4. The maximum absolute atomic E-state index is 5.94. The van der Waals surface area contributed by atoms with Crippen molar-refractivity contribution in [3.63, 3.8) is 0 Å². The van der Waals surface area contributed by atoms with Crippen LogP contribution in [0.4, 0.5) is 0 Å². The number of aromatic nitrogens is 1. The van der Waals surface area contributed by atoms with E-state index in [1.54, 1.807) is 7.11 Å². The van der Waals surface area contributed by atoms with Crippen molar-refractivity contribution in [1.82, 2.24) is 14.8 Å². The maximum Gasteiger partial charge on any atom is 0.0994 e. The third-order valence-corrected chi connectivity index (χ3v) is 5.02. The zero-order chi connectivity index (χ0) is 16.1. The first-order valence-corrected chi connectivity index (χ1v) is 8.79. The van der Waals surface area contributed by atoms with Crippen LogP contribution < -0.4 is 0 Å². The zero-order valence-corrected chi connectivity index (χ0v) is 14.4. The van der Waals surface area contributed by atoms with Crippen LogP contribution >= 0.6 is 0 Å². The summed E-state index contributed by atoms with van der Waals surface area (Å²) in [6.07, 6.45) is 5.98. The minimum absolute atomic E-state index is 0.402. The molecule has 5 nitrogen and oxygen atoms in total. The van der Waals surface area contributed by atoms with E-state index in [1.807, 2.05) is 6.20 Å². The molecule has 3 rings (SSSR count). The Morgan fingerprint density at radius 1 is 1.09 bits per heavy atom. The Kier molecular flexibility index (Phi) is 6.00. The Labute approximate surface area is 139 Å². The minimum Gasteiger partial charge on any atom is -0.381 e. The molecule has 0 amide bonds. The molecule has 2 fully saturated rings. The molecular formula is C18H29N3O2. The normalized spacial score (nSPS) is 26.2. The topological polar surface area (TPSA) is 37.8 Å². The molecule has 1 saturated heterocycles. The van der Waals surface area contributed by atoms with Crippen molar-refractivity contribution >= 4 is 0 Å². The standard InChI is InChI=1S/C18H29N3O2/c1-3-15-4-5-16(19-12-15)13-20-6-8-21(9-7-20)14-23-18-10-17(11-18)22-2/h4-5,12,17-18H,3,6-11,13-14H2,1-2H3. The van der Waals surface area contributed by atoms with Crippen LogP contribution in [-0.4, -0.2) is 67.0 Å². The van der Waals surface area contributed by atoms with E-state index >= 15 is 0 Å². The smallest absolute Gasteiger partial charge is 0.0994 e. The number of piperazine rings is 1. The first kappa shape index (κ1) is 16.8. The van der Waals surface area contributed by atoms with E-state index in [1.165, 1.54) is 11.3 Å². The van der Waals surface area contributed by atoms with Crippen LogP contribution in [0.1, 0.15) is 31.0 Å². The lowest BCUT2D eigenvalue weighted by Gasteiger charge is -2.38. The molecule has 23 heavy (non-hydrogen) atoms. The van der Waals surface area contributed by atoms with E-state index in [0.29, 0.717) is 12.2 Å². The summed E-state index contributed by atoms with van der Waals surface area (Å²) < 4.78 is 11.2. The SMILES string of the molecule is CCc1ccc(CN2CCN(COC3CC(OC)C3)CC2)nc1. The Morgan fingerprint density at radius 2 is 1.83 bits per heavy atom. The Bertz CT molecular complexity index is 466. The average Bonchev–Trinajstić information content (AvgIpc) is 2.56. The average molecular weight is 319 g/mol. The van der Waals surface area contributed by atoms with E-state index in [-0.39, 0.29) is 0 Å². The molecule has 1 aliphatic carbocycles. The van der Waals surface area contributed by atoms with Gasteiger partial charge >= 0.3 is 0 Å². The highest BCUT2D eigenvalue weighted by atomic mass is 16.5. The number of pyridine rings is 1. The van der Waals surface area contributed by atoms with Crippen LogP contribution in [0, 0.1) is 0 Å². The fraction of sp³-hybridized carbons (Fsp3) is 0.722. The number of hydrogen-bond donors (Lipinski definition) is 0. The summed E-state index contributed by atoms with van der Waals surface area (Å²) in [5.41, 5.74) is 2.48. The molecule has 1 aromatic heterocycles. The first-order valence-electron chi connectivity index (χ1n) is 8.79.